The number of benzene rings is 2. The standard InChI is InChI=1S/C22H29N3O2/c1-6-25(19-13-8-7-9-14-19)22(27)18(4)24(5)15-20(26)23-21-16(2)11-10-12-17(21)3/h7-14,18H,6,15H2,1-5H3,(H,23,26)/p+1/t18-/m1/s1. The molecule has 27 heavy (non-hydrogen) atoms. The molecule has 144 valence electrons. The van der Waals surface area contributed by atoms with Gasteiger partial charge in [-0.05, 0) is 51.0 Å². The minimum atomic E-state index is -0.325. The van der Waals surface area contributed by atoms with E-state index in [0.29, 0.717) is 6.54 Å². The van der Waals surface area contributed by atoms with Gasteiger partial charge in [0.05, 0.1) is 7.05 Å². The van der Waals surface area contributed by atoms with E-state index < -0.39 is 0 Å². The van der Waals surface area contributed by atoms with Gasteiger partial charge in [-0.2, -0.15) is 0 Å². The highest BCUT2D eigenvalue weighted by Gasteiger charge is 2.28. The molecule has 5 heteroatoms. The van der Waals surface area contributed by atoms with Gasteiger partial charge in [0, 0.05) is 17.9 Å². The Labute approximate surface area is 162 Å². The van der Waals surface area contributed by atoms with Crippen molar-refractivity contribution in [1.29, 1.82) is 0 Å². The molecule has 0 aromatic heterocycles. The lowest BCUT2D eigenvalue weighted by Gasteiger charge is -2.27. The summed E-state index contributed by atoms with van der Waals surface area (Å²) in [5.41, 5.74) is 3.80. The van der Waals surface area contributed by atoms with Crippen LogP contribution < -0.4 is 15.1 Å². The maximum absolute atomic E-state index is 12.9. The molecule has 0 aliphatic heterocycles. The molecule has 0 saturated heterocycles. The van der Waals surface area contributed by atoms with E-state index in [2.05, 4.69) is 5.32 Å². The fourth-order valence-electron chi connectivity index (χ4n) is 3.12. The normalized spacial score (nSPS) is 12.9. The third-order valence-electron chi connectivity index (χ3n) is 4.94. The van der Waals surface area contributed by atoms with Gasteiger partial charge in [0.25, 0.3) is 11.8 Å². The molecular formula is C22H30N3O2+. The third-order valence-corrected chi connectivity index (χ3v) is 4.94. The number of quaternary nitrogens is 1. The Morgan fingerprint density at radius 1 is 1.04 bits per heavy atom. The minimum Gasteiger partial charge on any atom is -0.321 e. The number of carbonyl (C=O) groups excluding carboxylic acids is 2. The monoisotopic (exact) mass is 368 g/mol. The summed E-state index contributed by atoms with van der Waals surface area (Å²) in [4.78, 5) is 28.1. The number of carbonyl (C=O) groups is 2. The van der Waals surface area contributed by atoms with Crippen LogP contribution in [0, 0.1) is 13.8 Å². The fourth-order valence-corrected chi connectivity index (χ4v) is 3.12. The summed E-state index contributed by atoms with van der Waals surface area (Å²) in [6.45, 7) is 8.60. The Morgan fingerprint density at radius 2 is 1.63 bits per heavy atom. The predicted molar refractivity (Wildman–Crippen MR) is 110 cm³/mol. The molecule has 0 aliphatic carbocycles. The quantitative estimate of drug-likeness (QED) is 0.787. The van der Waals surface area contributed by atoms with Crippen LogP contribution in [0.3, 0.4) is 0 Å². The summed E-state index contributed by atoms with van der Waals surface area (Å²) < 4.78 is 0. The average Bonchev–Trinajstić information content (AvgIpc) is 2.65. The molecule has 1 unspecified atom stereocenters. The van der Waals surface area contributed by atoms with Gasteiger partial charge in [0.15, 0.2) is 12.6 Å². The van der Waals surface area contributed by atoms with Gasteiger partial charge in [-0.3, -0.25) is 9.59 Å². The van der Waals surface area contributed by atoms with Crippen LogP contribution >= 0.6 is 0 Å². The van der Waals surface area contributed by atoms with Crippen LogP contribution in [-0.2, 0) is 9.59 Å². The summed E-state index contributed by atoms with van der Waals surface area (Å²) >= 11 is 0. The van der Waals surface area contributed by atoms with Gasteiger partial charge in [-0.1, -0.05) is 36.4 Å². The molecule has 0 bridgehead atoms. The lowest BCUT2D eigenvalue weighted by Crippen LogP contribution is -3.15. The van der Waals surface area contributed by atoms with Crippen LogP contribution in [0.5, 0.6) is 0 Å². The Kier molecular flexibility index (Phi) is 7.13. The molecule has 0 spiro atoms. The molecule has 2 aromatic carbocycles. The first kappa shape index (κ1) is 20.6. The second kappa shape index (κ2) is 9.33. The number of nitrogens with zero attached hydrogens (tertiary/aromatic N) is 1. The SMILES string of the molecule is CCN(C(=O)[C@@H](C)[NH+](C)CC(=O)Nc1c(C)cccc1C)c1ccccc1. The molecular weight excluding hydrogens is 338 g/mol. The fraction of sp³-hybridized carbons (Fsp3) is 0.364. The zero-order valence-electron chi connectivity index (χ0n) is 16.9. The van der Waals surface area contributed by atoms with Crippen molar-refractivity contribution in [2.75, 3.05) is 30.4 Å². The van der Waals surface area contributed by atoms with Crippen LogP contribution in [-0.4, -0.2) is 38.0 Å². The summed E-state index contributed by atoms with van der Waals surface area (Å²) in [5.74, 6) is -0.0756. The first-order valence-electron chi connectivity index (χ1n) is 9.40. The van der Waals surface area contributed by atoms with Crippen LogP contribution in [0.2, 0.25) is 0 Å². The first-order valence-corrected chi connectivity index (χ1v) is 9.40. The number of hydrogen-bond acceptors (Lipinski definition) is 2. The Bertz CT molecular complexity index is 769. The van der Waals surface area contributed by atoms with Gasteiger partial charge in [-0.15, -0.1) is 0 Å². The van der Waals surface area contributed by atoms with Gasteiger partial charge in [0.2, 0.25) is 0 Å². The smallest absolute Gasteiger partial charge is 0.284 e. The van der Waals surface area contributed by atoms with Gasteiger partial charge in [0.1, 0.15) is 0 Å². The van der Waals surface area contributed by atoms with E-state index in [4.69, 9.17) is 0 Å². The average molecular weight is 369 g/mol. The Balaban J connectivity index is 2.02. The molecule has 2 atom stereocenters. The molecule has 2 aromatic rings. The number of anilines is 2. The van der Waals surface area contributed by atoms with E-state index in [1.165, 1.54) is 0 Å². The van der Waals surface area contributed by atoms with E-state index in [1.54, 1.807) is 4.90 Å². The molecule has 2 amide bonds. The zero-order chi connectivity index (χ0) is 20.0. The molecule has 0 radical (unpaired) electrons. The lowest BCUT2D eigenvalue weighted by atomic mass is 10.1. The molecule has 0 heterocycles. The Hall–Kier alpha value is -2.66. The van der Waals surface area contributed by atoms with Crippen molar-refractivity contribution in [3.63, 3.8) is 0 Å². The van der Waals surface area contributed by atoms with Crippen molar-refractivity contribution in [1.82, 2.24) is 0 Å². The van der Waals surface area contributed by atoms with Crippen molar-refractivity contribution in [3.05, 3.63) is 59.7 Å². The summed E-state index contributed by atoms with van der Waals surface area (Å²) in [5, 5.41) is 2.99. The van der Waals surface area contributed by atoms with Crippen LogP contribution in [0.25, 0.3) is 0 Å². The van der Waals surface area contributed by atoms with Crippen molar-refractivity contribution >= 4 is 23.2 Å². The second-order valence-electron chi connectivity index (χ2n) is 6.98. The van der Waals surface area contributed by atoms with Crippen LogP contribution in [0.4, 0.5) is 11.4 Å². The Morgan fingerprint density at radius 3 is 2.19 bits per heavy atom. The van der Waals surface area contributed by atoms with E-state index in [-0.39, 0.29) is 24.4 Å². The summed E-state index contributed by atoms with van der Waals surface area (Å²) in [6.07, 6.45) is 0. The van der Waals surface area contributed by atoms with Gasteiger partial charge < -0.3 is 15.1 Å². The number of para-hydroxylation sites is 2. The first-order chi connectivity index (χ1) is 12.8. The van der Waals surface area contributed by atoms with Crippen molar-refractivity contribution < 1.29 is 14.5 Å². The number of aryl methyl sites for hydroxylation is 2. The molecule has 0 saturated carbocycles. The zero-order valence-corrected chi connectivity index (χ0v) is 16.9. The highest BCUT2D eigenvalue weighted by Crippen LogP contribution is 2.19. The predicted octanol–water partition coefficient (Wildman–Crippen LogP) is 2.20. The molecule has 0 fully saturated rings. The summed E-state index contributed by atoms with van der Waals surface area (Å²) in [6, 6.07) is 15.2. The van der Waals surface area contributed by atoms with Crippen LogP contribution in [0.15, 0.2) is 48.5 Å². The molecule has 2 N–H and O–H groups in total. The largest absolute Gasteiger partial charge is 0.321 e. The van der Waals surface area contributed by atoms with E-state index in [0.717, 1.165) is 27.4 Å². The van der Waals surface area contributed by atoms with Gasteiger partial charge >= 0.3 is 0 Å². The number of likely N-dealkylation sites (N-methyl/N-ethyl adjacent to an activating group) is 2. The van der Waals surface area contributed by atoms with E-state index in [1.807, 2.05) is 83.3 Å². The van der Waals surface area contributed by atoms with Crippen molar-refractivity contribution in [3.8, 4) is 0 Å². The van der Waals surface area contributed by atoms with Crippen molar-refractivity contribution in [2.45, 2.75) is 33.7 Å². The topological polar surface area (TPSA) is 53.9 Å². The highest BCUT2D eigenvalue weighted by atomic mass is 16.2. The third kappa shape index (κ3) is 5.17. The number of amides is 2. The summed E-state index contributed by atoms with van der Waals surface area (Å²) in [7, 11) is 1.88. The van der Waals surface area contributed by atoms with E-state index >= 15 is 0 Å². The molecule has 2 rings (SSSR count). The van der Waals surface area contributed by atoms with Crippen molar-refractivity contribution in [2.24, 2.45) is 0 Å². The number of rotatable bonds is 7. The maximum atomic E-state index is 12.9. The lowest BCUT2D eigenvalue weighted by molar-refractivity contribution is -0.885. The van der Waals surface area contributed by atoms with Crippen LogP contribution in [0.1, 0.15) is 25.0 Å². The highest BCUT2D eigenvalue weighted by molar-refractivity contribution is 5.96. The molecule has 5 nitrogen and oxygen atoms in total. The minimum absolute atomic E-state index is 0.0149. The van der Waals surface area contributed by atoms with Gasteiger partial charge in [-0.25, -0.2) is 0 Å². The van der Waals surface area contributed by atoms with E-state index in [9.17, 15) is 9.59 Å². The number of nitrogens with one attached hydrogen (secondary N) is 2. The second-order valence-corrected chi connectivity index (χ2v) is 6.98. The maximum Gasteiger partial charge on any atom is 0.284 e. The molecule has 0 aliphatic rings. The number of hydrogen-bond donors (Lipinski definition) is 2.